The van der Waals surface area contributed by atoms with E-state index in [-0.39, 0.29) is 176 Å². The Morgan fingerprint density at radius 2 is 0.740 bits per heavy atom. The SMILES string of the molecule is CI.COC(=O)Nc1c(N)nc(-c2nn(Cc3ccccc3F)c3ncc(F)cc23)nc1N.I.N=C(N)c1nn(Cc2ccccc2F)c2ncc(F)cc12.Nc1nc(-c2nn(Cc3ccccc3F)c3ncc(F)cc23)nc(N)c1N.Nc1nc(-c2nn(Cc3ccccc3F)c3ncc(F)cc23)nc(N)c1N=Nc1ccccc1.[I][V]([I])[I].[I][V][I]. The quantitative estimate of drug-likeness (QED) is 0.0114. The molecule has 0 radical (unpaired) electrons. The van der Waals surface area contributed by atoms with Crippen LogP contribution in [0.1, 0.15) is 27.9 Å². The number of nitrogens with two attached hydrogens (primary N) is 8. The van der Waals surface area contributed by atoms with Gasteiger partial charge in [0.15, 0.2) is 80.7 Å². The Morgan fingerprint density at radius 1 is 0.455 bits per heavy atom. The van der Waals surface area contributed by atoms with Crippen LogP contribution < -0.4 is 51.2 Å². The number of fused-ring (bicyclic) bond motifs is 4. The van der Waals surface area contributed by atoms with Gasteiger partial charge in [0.2, 0.25) is 0 Å². The molecule has 0 aliphatic carbocycles. The van der Waals surface area contributed by atoms with E-state index in [1.54, 1.807) is 84.9 Å². The van der Waals surface area contributed by atoms with Gasteiger partial charge in [-0.05, 0) is 65.6 Å². The molecule has 0 unspecified atom stereocenters. The first kappa shape index (κ1) is 97.3. The van der Waals surface area contributed by atoms with Crippen molar-refractivity contribution in [3.8, 4) is 34.6 Å². The number of nitrogens with one attached hydrogen (secondary N) is 2. The molecule has 1 amide bonds. The zero-order valence-electron chi connectivity index (χ0n) is 63.0. The number of nitrogens with zero attached hydrogens (tertiary/aromatic N) is 20. The Bertz CT molecular complexity index is 6420. The number of anilines is 8. The molecule has 49 heteroatoms. The zero-order valence-corrected chi connectivity index (χ0v) is 81.1. The Labute approximate surface area is 789 Å². The van der Waals surface area contributed by atoms with Crippen LogP contribution >= 0.6 is 146 Å². The molecule has 32 nitrogen and oxygen atoms in total. The van der Waals surface area contributed by atoms with Crippen LogP contribution in [-0.4, -0.2) is 113 Å². The number of halogens is 15. The summed E-state index contributed by atoms with van der Waals surface area (Å²) in [5, 5.41) is 36.7. The van der Waals surface area contributed by atoms with E-state index < -0.39 is 41.0 Å². The van der Waals surface area contributed by atoms with Crippen molar-refractivity contribution < 1.29 is 59.0 Å². The number of amidine groups is 1. The molecule has 0 bridgehead atoms. The number of alkyl halides is 1. The van der Waals surface area contributed by atoms with Crippen LogP contribution in [-0.2, 0) is 45.3 Å². The molecule has 5 aromatic carbocycles. The van der Waals surface area contributed by atoms with Crippen LogP contribution in [0.3, 0.4) is 0 Å². The van der Waals surface area contributed by atoms with E-state index in [9.17, 15) is 39.9 Å². The fourth-order valence-electron chi connectivity index (χ4n) is 11.2. The van der Waals surface area contributed by atoms with Gasteiger partial charge in [-0.1, -0.05) is 114 Å². The summed E-state index contributed by atoms with van der Waals surface area (Å²) in [4.78, 5) is 54.3. The molecule has 635 valence electrons. The van der Waals surface area contributed by atoms with Gasteiger partial charge < -0.3 is 50.6 Å². The summed E-state index contributed by atoms with van der Waals surface area (Å²) in [7, 11) is 1.80. The third-order valence-corrected chi connectivity index (χ3v) is 16.6. The Balaban J connectivity index is 0.000000181. The number of benzene rings is 5. The Kier molecular flexibility index (Phi) is 36.3. The van der Waals surface area contributed by atoms with Gasteiger partial charge in [0, 0.05) is 22.3 Å². The first-order chi connectivity index (χ1) is 58.5. The summed E-state index contributed by atoms with van der Waals surface area (Å²) in [5.41, 5.74) is 50.9. The van der Waals surface area contributed by atoms with Crippen molar-refractivity contribution >= 4 is 260 Å². The number of amides is 1. The molecule has 0 aliphatic rings. The van der Waals surface area contributed by atoms with Crippen molar-refractivity contribution in [3.63, 3.8) is 0 Å². The standard InChI is InChI=1S/C23H17F2N9.C19H16F2N8O2.C17H14F2N8.C14H11F2N5.CH3I.6HI.2V/c24-14-10-16-18(33-34(23(16)28-11-14)12-13-6-4-5-9-17(13)25)22-29-20(26)19(21(27)30-22)32-31-15-7-2-1-3-8-15;1-31-19(30)25-14-15(22)26-17(27-16(14)23)13-11-6-10(20)7-24-18(11)29(28-13)8-9-4-2-3-5-12(9)21;18-9-5-10-13(16-24-14(21)12(20)15(22)25-16)26-27(17(10)23-6-9)7-8-3-1-2-4-11(8)19;15-9-5-10-12(13(17)18)20-21(14(10)19-6-9)7-8-3-1-2-4-11(8)16;1-2;;;;;;;;/h1-11H,12H2,(H4,26,27,29,30);2-7H,8H2,1H3,(H,25,30)(H4,22,23,26,27);1-6H,7,20H2,(H4,21,22,24,25);1-6H,7H2,(H3,17,18);1H3;6*1H;;/q;;;;;;;;;;;+2;+3/p-5. The number of rotatable bonds is 15. The van der Waals surface area contributed by atoms with Crippen molar-refractivity contribution in [1.29, 1.82) is 5.41 Å². The van der Waals surface area contributed by atoms with E-state index in [2.05, 4.69) is 213 Å². The van der Waals surface area contributed by atoms with Gasteiger partial charge in [0.25, 0.3) is 0 Å². The van der Waals surface area contributed by atoms with E-state index in [0.717, 1.165) is 24.8 Å². The van der Waals surface area contributed by atoms with Gasteiger partial charge in [0.1, 0.15) is 86.5 Å². The van der Waals surface area contributed by atoms with Gasteiger partial charge >= 0.3 is 120 Å². The van der Waals surface area contributed by atoms with Crippen molar-refractivity contribution in [3.05, 3.63) is 251 Å². The molecule has 16 rings (SSSR count). The molecule has 18 N–H and O–H groups in total. The number of hydrogen-bond donors (Lipinski definition) is 10. The van der Waals surface area contributed by atoms with Gasteiger partial charge in [-0.3, -0.25) is 10.7 Å². The molecule has 16 aromatic rings. The summed E-state index contributed by atoms with van der Waals surface area (Å²) in [6, 6.07) is 39.0. The first-order valence-corrected chi connectivity index (χ1v) is 59.0. The first-order valence-electron chi connectivity index (χ1n) is 34.3. The molecule has 0 saturated carbocycles. The minimum atomic E-state index is -0.805. The Hall–Kier alpha value is -9.52. The van der Waals surface area contributed by atoms with E-state index in [4.69, 9.17) is 51.3 Å². The van der Waals surface area contributed by atoms with E-state index in [1.807, 2.05) is 23.1 Å². The van der Waals surface area contributed by atoms with Gasteiger partial charge in [-0.25, -0.2) is 108 Å². The number of carbonyl (C=O) groups excluding carboxylic acids is 1. The molecular formula is C74H62F8I7N30O2V2. The third kappa shape index (κ3) is 25.2. The summed E-state index contributed by atoms with van der Waals surface area (Å²) in [6.45, 7) is 0.307. The summed E-state index contributed by atoms with van der Waals surface area (Å²) in [5.74, 6) is -4.41. The molecular weight excluding hydrogens is 2480 g/mol. The van der Waals surface area contributed by atoms with Gasteiger partial charge in [0.05, 0.1) is 85.3 Å². The van der Waals surface area contributed by atoms with E-state index in [0.29, 0.717) is 70.5 Å². The third-order valence-electron chi connectivity index (χ3n) is 16.6. The predicted molar refractivity (Wildman–Crippen MR) is 509 cm³/mol. The maximum atomic E-state index is 14.2. The number of azo groups is 1. The number of carbonyl (C=O) groups is 1. The number of aromatic nitrogens is 18. The topological polar surface area (TPSA) is 495 Å². The average molecular weight is 2550 g/mol. The molecule has 11 heterocycles. The van der Waals surface area contributed by atoms with E-state index in [1.165, 1.54) is 74.4 Å². The van der Waals surface area contributed by atoms with Crippen LogP contribution in [0.4, 0.5) is 97.6 Å². The number of hydrogen-bond acceptors (Lipinski definition) is 26. The van der Waals surface area contributed by atoms with Crippen molar-refractivity contribution in [1.82, 2.24) is 89.0 Å². The fraction of sp³-hybridized carbons (Fsp3) is 0.0811. The molecule has 123 heavy (non-hydrogen) atoms. The number of ether oxygens (including phenoxy) is 1. The molecule has 0 saturated heterocycles. The van der Waals surface area contributed by atoms with Crippen molar-refractivity contribution in [2.45, 2.75) is 26.2 Å². The molecule has 0 aliphatic heterocycles. The fourth-order valence-corrected chi connectivity index (χ4v) is 11.2. The number of methoxy groups -OCH3 is 1. The summed E-state index contributed by atoms with van der Waals surface area (Å²) >= 11 is 14.3. The van der Waals surface area contributed by atoms with Crippen LogP contribution in [0.5, 0.6) is 0 Å². The second-order valence-corrected chi connectivity index (χ2v) is 71.6. The number of pyridine rings is 4. The van der Waals surface area contributed by atoms with Gasteiger partial charge in [-0.15, -0.1) is 29.1 Å². The molecule has 11 aromatic heterocycles. The second kappa shape index (κ2) is 45.9. The van der Waals surface area contributed by atoms with Crippen molar-refractivity contribution in [2.24, 2.45) is 16.0 Å². The normalized spacial score (nSPS) is 10.7. The van der Waals surface area contributed by atoms with Crippen molar-refractivity contribution in [2.75, 3.05) is 57.5 Å². The van der Waals surface area contributed by atoms with Crippen LogP contribution in [0.15, 0.2) is 187 Å². The molecule has 0 fully saturated rings. The van der Waals surface area contributed by atoms with Gasteiger partial charge in [-0.2, -0.15) is 25.5 Å². The number of nitrogen functional groups attached to an aromatic ring is 8. The second-order valence-electron chi connectivity index (χ2n) is 24.4. The predicted octanol–water partition coefficient (Wildman–Crippen LogP) is 17.4. The molecule has 0 atom stereocenters. The average Bonchev–Trinajstić information content (AvgIpc) is 1.65. The summed E-state index contributed by atoms with van der Waals surface area (Å²) < 4.78 is 121. The van der Waals surface area contributed by atoms with Crippen LogP contribution in [0, 0.1) is 51.9 Å². The maximum absolute atomic E-state index is 14.2. The summed E-state index contributed by atoms with van der Waals surface area (Å²) in [6.07, 6.45) is 3.38. The van der Waals surface area contributed by atoms with Crippen LogP contribution in [0.2, 0.25) is 0 Å². The van der Waals surface area contributed by atoms with E-state index >= 15 is 0 Å². The zero-order chi connectivity index (χ0) is 88.2. The Morgan fingerprint density at radius 3 is 1.06 bits per heavy atom. The van der Waals surface area contributed by atoms with Crippen LogP contribution in [0.25, 0.3) is 78.7 Å². The monoisotopic (exact) mass is 2540 g/mol. The minimum absolute atomic E-state index is 0. The molecule has 0 spiro atoms.